The molecule has 0 saturated heterocycles. The average Bonchev–Trinajstić information content (AvgIpc) is 3.19. The number of rotatable bonds is 4. The molecule has 0 amide bonds. The van der Waals surface area contributed by atoms with Crippen LogP contribution in [0.1, 0.15) is 28.1 Å². The van der Waals surface area contributed by atoms with E-state index in [1.54, 1.807) is 0 Å². The summed E-state index contributed by atoms with van der Waals surface area (Å²) in [4.78, 5) is 0. The van der Waals surface area contributed by atoms with Crippen LogP contribution in [0.4, 0.5) is 0 Å². The molecule has 27 heavy (non-hydrogen) atoms. The summed E-state index contributed by atoms with van der Waals surface area (Å²) in [5.74, 6) is 1.03. The van der Waals surface area contributed by atoms with Crippen molar-refractivity contribution in [2.24, 2.45) is 0 Å². The summed E-state index contributed by atoms with van der Waals surface area (Å²) in [5.41, 5.74) is 6.40. The van der Waals surface area contributed by atoms with Crippen LogP contribution in [0.25, 0.3) is 23.1 Å². The van der Waals surface area contributed by atoms with Gasteiger partial charge < -0.3 is 4.42 Å². The molecular formula is C24H20N2O. The van der Waals surface area contributed by atoms with Gasteiger partial charge in [0.15, 0.2) is 0 Å². The molecule has 1 aromatic heterocycles. The molecule has 0 atom stereocenters. The maximum atomic E-state index is 6.02. The highest BCUT2D eigenvalue weighted by Crippen LogP contribution is 2.28. The lowest BCUT2D eigenvalue weighted by Crippen LogP contribution is -1.89. The Morgan fingerprint density at radius 3 is 2.04 bits per heavy atom. The summed E-state index contributed by atoms with van der Waals surface area (Å²) < 4.78 is 6.02. The molecule has 3 nitrogen and oxygen atoms in total. The molecule has 3 heteroatoms. The van der Waals surface area contributed by atoms with Gasteiger partial charge in [0, 0.05) is 11.1 Å². The van der Waals surface area contributed by atoms with Crippen molar-refractivity contribution in [2.45, 2.75) is 13.8 Å². The van der Waals surface area contributed by atoms with Crippen LogP contribution in [0.2, 0.25) is 0 Å². The van der Waals surface area contributed by atoms with E-state index in [4.69, 9.17) is 4.42 Å². The van der Waals surface area contributed by atoms with Crippen molar-refractivity contribution in [1.29, 1.82) is 0 Å². The van der Waals surface area contributed by atoms with E-state index in [1.165, 1.54) is 11.1 Å². The van der Waals surface area contributed by atoms with E-state index in [2.05, 4.69) is 78.7 Å². The number of aromatic nitrogens is 2. The minimum Gasteiger partial charge on any atom is -0.416 e. The summed E-state index contributed by atoms with van der Waals surface area (Å²) in [6.45, 7) is 4.16. The molecule has 132 valence electrons. The first-order chi connectivity index (χ1) is 13.2. The van der Waals surface area contributed by atoms with Gasteiger partial charge in [-0.25, -0.2) is 0 Å². The molecule has 0 unspecified atom stereocenters. The SMILES string of the molecule is Cc1ccc(/C=C(\c2ccc(C)cc2)c2nnc(-c3ccccc3)o2)cc1. The summed E-state index contributed by atoms with van der Waals surface area (Å²) in [7, 11) is 0. The van der Waals surface area contributed by atoms with Crippen molar-refractivity contribution >= 4 is 11.6 Å². The highest BCUT2D eigenvalue weighted by Gasteiger charge is 2.14. The first-order valence-corrected chi connectivity index (χ1v) is 8.94. The second-order valence-electron chi connectivity index (χ2n) is 6.61. The first kappa shape index (κ1) is 17.0. The molecule has 3 aromatic carbocycles. The Morgan fingerprint density at radius 1 is 0.741 bits per heavy atom. The minimum absolute atomic E-state index is 0.512. The van der Waals surface area contributed by atoms with Gasteiger partial charge in [-0.1, -0.05) is 77.9 Å². The molecule has 0 aliphatic rings. The van der Waals surface area contributed by atoms with Crippen LogP contribution < -0.4 is 0 Å². The second-order valence-corrected chi connectivity index (χ2v) is 6.61. The Kier molecular flexibility index (Phi) is 4.67. The minimum atomic E-state index is 0.512. The fraction of sp³-hybridized carbons (Fsp3) is 0.0833. The Hall–Kier alpha value is -3.46. The van der Waals surface area contributed by atoms with Crippen LogP contribution in [0, 0.1) is 13.8 Å². The summed E-state index contributed by atoms with van der Waals surface area (Å²) >= 11 is 0. The lowest BCUT2D eigenvalue weighted by molar-refractivity contribution is 0.554. The lowest BCUT2D eigenvalue weighted by atomic mass is 10.0. The monoisotopic (exact) mass is 352 g/mol. The van der Waals surface area contributed by atoms with E-state index in [-0.39, 0.29) is 0 Å². The Morgan fingerprint density at radius 2 is 1.37 bits per heavy atom. The molecule has 0 radical (unpaired) electrons. The van der Waals surface area contributed by atoms with Crippen molar-refractivity contribution < 1.29 is 4.42 Å². The van der Waals surface area contributed by atoms with Gasteiger partial charge in [-0.2, -0.15) is 0 Å². The van der Waals surface area contributed by atoms with Gasteiger partial charge in [0.1, 0.15) is 0 Å². The van der Waals surface area contributed by atoms with E-state index in [1.807, 2.05) is 30.3 Å². The third-order valence-corrected chi connectivity index (χ3v) is 4.43. The number of hydrogen-bond acceptors (Lipinski definition) is 3. The molecule has 1 heterocycles. The van der Waals surface area contributed by atoms with Crippen LogP contribution in [0.3, 0.4) is 0 Å². The maximum Gasteiger partial charge on any atom is 0.248 e. The standard InChI is InChI=1S/C24H20N2O/c1-17-8-12-19(13-9-17)16-22(20-14-10-18(2)11-15-20)24-26-25-23(27-24)21-6-4-3-5-7-21/h3-16H,1-2H3/b22-16+. The van der Waals surface area contributed by atoms with E-state index < -0.39 is 0 Å². The third-order valence-electron chi connectivity index (χ3n) is 4.43. The molecule has 0 spiro atoms. The van der Waals surface area contributed by atoms with Crippen molar-refractivity contribution in [3.8, 4) is 11.5 Å². The average molecular weight is 352 g/mol. The van der Waals surface area contributed by atoms with Crippen LogP contribution in [-0.2, 0) is 0 Å². The predicted octanol–water partition coefficient (Wildman–Crippen LogP) is 5.94. The predicted molar refractivity (Wildman–Crippen MR) is 109 cm³/mol. The number of hydrogen-bond donors (Lipinski definition) is 0. The van der Waals surface area contributed by atoms with Crippen LogP contribution in [-0.4, -0.2) is 10.2 Å². The van der Waals surface area contributed by atoms with Gasteiger partial charge in [0.05, 0.1) is 0 Å². The van der Waals surface area contributed by atoms with Gasteiger partial charge in [0.2, 0.25) is 11.8 Å². The van der Waals surface area contributed by atoms with Crippen molar-refractivity contribution in [2.75, 3.05) is 0 Å². The largest absolute Gasteiger partial charge is 0.416 e. The fourth-order valence-electron chi connectivity index (χ4n) is 2.86. The quantitative estimate of drug-likeness (QED) is 0.427. The van der Waals surface area contributed by atoms with E-state index in [0.29, 0.717) is 11.8 Å². The van der Waals surface area contributed by atoms with Crippen LogP contribution >= 0.6 is 0 Å². The van der Waals surface area contributed by atoms with E-state index in [0.717, 1.165) is 22.3 Å². The maximum absolute atomic E-state index is 6.02. The zero-order valence-corrected chi connectivity index (χ0v) is 15.4. The Balaban J connectivity index is 1.79. The molecule has 0 saturated carbocycles. The molecule has 0 fully saturated rings. The molecule has 4 aromatic rings. The van der Waals surface area contributed by atoms with Crippen molar-refractivity contribution in [1.82, 2.24) is 10.2 Å². The van der Waals surface area contributed by atoms with E-state index in [9.17, 15) is 0 Å². The van der Waals surface area contributed by atoms with Crippen molar-refractivity contribution in [3.05, 3.63) is 107 Å². The van der Waals surface area contributed by atoms with E-state index >= 15 is 0 Å². The topological polar surface area (TPSA) is 38.9 Å². The molecule has 0 aliphatic heterocycles. The smallest absolute Gasteiger partial charge is 0.248 e. The molecular weight excluding hydrogens is 332 g/mol. The lowest BCUT2D eigenvalue weighted by Gasteiger charge is -2.05. The second kappa shape index (κ2) is 7.42. The molecule has 4 rings (SSSR count). The van der Waals surface area contributed by atoms with Crippen LogP contribution in [0.5, 0.6) is 0 Å². The summed E-state index contributed by atoms with van der Waals surface area (Å²) in [5, 5.41) is 8.57. The normalized spacial score (nSPS) is 11.6. The summed E-state index contributed by atoms with van der Waals surface area (Å²) in [6, 6.07) is 26.6. The van der Waals surface area contributed by atoms with Gasteiger partial charge in [-0.05, 0) is 43.2 Å². The highest BCUT2D eigenvalue weighted by atomic mass is 16.4. The third kappa shape index (κ3) is 3.87. The highest BCUT2D eigenvalue weighted by molar-refractivity contribution is 5.88. The zero-order valence-electron chi connectivity index (χ0n) is 15.4. The van der Waals surface area contributed by atoms with Gasteiger partial charge >= 0.3 is 0 Å². The number of nitrogens with zero attached hydrogens (tertiary/aromatic N) is 2. The first-order valence-electron chi connectivity index (χ1n) is 8.94. The molecule has 0 bridgehead atoms. The zero-order chi connectivity index (χ0) is 18.6. The number of aryl methyl sites for hydroxylation is 2. The van der Waals surface area contributed by atoms with Gasteiger partial charge in [-0.3, -0.25) is 0 Å². The molecule has 0 aliphatic carbocycles. The fourth-order valence-corrected chi connectivity index (χ4v) is 2.86. The Bertz CT molecular complexity index is 1060. The van der Waals surface area contributed by atoms with Crippen LogP contribution in [0.15, 0.2) is 83.3 Å². The molecule has 0 N–H and O–H groups in total. The Labute approximate surface area is 159 Å². The van der Waals surface area contributed by atoms with Gasteiger partial charge in [0.25, 0.3) is 0 Å². The van der Waals surface area contributed by atoms with Crippen molar-refractivity contribution in [3.63, 3.8) is 0 Å². The van der Waals surface area contributed by atoms with Gasteiger partial charge in [-0.15, -0.1) is 10.2 Å². The number of benzene rings is 3. The summed E-state index contributed by atoms with van der Waals surface area (Å²) in [6.07, 6.45) is 2.09.